The predicted octanol–water partition coefficient (Wildman–Crippen LogP) is 1.11. The number of carbonyl (C=O) groups excluding carboxylic acids is 1. The van der Waals surface area contributed by atoms with Crippen LogP contribution in [0.2, 0.25) is 0 Å². The molecule has 0 saturated heterocycles. The second-order valence-electron chi connectivity index (χ2n) is 3.63. The number of thiazole rings is 1. The minimum atomic E-state index is -0.225. The van der Waals surface area contributed by atoms with Crippen LogP contribution in [-0.4, -0.2) is 29.1 Å². The minimum absolute atomic E-state index is 0.0768. The number of carbonyl (C=O) groups is 1. The topological polar surface area (TPSA) is 88.2 Å². The van der Waals surface area contributed by atoms with Crippen molar-refractivity contribution < 1.29 is 9.90 Å². The van der Waals surface area contributed by atoms with Crippen LogP contribution in [0, 0.1) is 0 Å². The van der Waals surface area contributed by atoms with Gasteiger partial charge in [0.1, 0.15) is 9.88 Å². The molecule has 6 heteroatoms. The van der Waals surface area contributed by atoms with Crippen molar-refractivity contribution in [3.8, 4) is 10.6 Å². The number of rotatable bonds is 4. The molecule has 0 unspecified atom stereocenters. The number of aliphatic hydroxyl groups excluding tert-OH is 1. The summed E-state index contributed by atoms with van der Waals surface area (Å²) in [5.41, 5.74) is 7.25. The van der Waals surface area contributed by atoms with Crippen molar-refractivity contribution >= 4 is 22.9 Å². The number of aromatic nitrogens is 1. The normalized spacial score (nSPS) is 10.3. The second-order valence-corrected chi connectivity index (χ2v) is 4.67. The van der Waals surface area contributed by atoms with Gasteiger partial charge in [-0.05, 0) is 12.1 Å². The van der Waals surface area contributed by atoms with E-state index in [4.69, 9.17) is 10.8 Å². The number of nitrogens with two attached hydrogens (primary N) is 1. The Bertz CT molecular complexity index is 554. The van der Waals surface area contributed by atoms with Gasteiger partial charge in [-0.3, -0.25) is 4.79 Å². The van der Waals surface area contributed by atoms with Crippen LogP contribution in [0.1, 0.15) is 9.67 Å². The summed E-state index contributed by atoms with van der Waals surface area (Å²) in [6.07, 6.45) is 1.52. The molecule has 0 spiro atoms. The molecule has 0 fully saturated rings. The SMILES string of the molecule is Nc1cccc(-c2ncc(C(=O)NCCO)s2)c1. The van der Waals surface area contributed by atoms with Crippen molar-refractivity contribution in [1.82, 2.24) is 10.3 Å². The number of anilines is 1. The zero-order valence-corrected chi connectivity index (χ0v) is 10.4. The lowest BCUT2D eigenvalue weighted by Gasteiger charge is -1.99. The standard InChI is InChI=1S/C12H13N3O2S/c13-9-3-1-2-8(6-9)12-15-7-10(18-12)11(17)14-4-5-16/h1-3,6-7,16H,4-5,13H2,(H,14,17). The van der Waals surface area contributed by atoms with Crippen molar-refractivity contribution in [2.45, 2.75) is 0 Å². The van der Waals surface area contributed by atoms with Crippen molar-refractivity contribution in [3.05, 3.63) is 35.3 Å². The molecule has 2 rings (SSSR count). The van der Waals surface area contributed by atoms with Crippen molar-refractivity contribution in [3.63, 3.8) is 0 Å². The fourth-order valence-corrected chi connectivity index (χ4v) is 2.27. The maximum absolute atomic E-state index is 11.6. The highest BCUT2D eigenvalue weighted by molar-refractivity contribution is 7.16. The highest BCUT2D eigenvalue weighted by Crippen LogP contribution is 2.26. The van der Waals surface area contributed by atoms with Crippen LogP contribution < -0.4 is 11.1 Å². The quantitative estimate of drug-likeness (QED) is 0.721. The van der Waals surface area contributed by atoms with Gasteiger partial charge in [0.05, 0.1) is 12.8 Å². The van der Waals surface area contributed by atoms with Crippen LogP contribution in [0.3, 0.4) is 0 Å². The average Bonchev–Trinajstić information content (AvgIpc) is 2.85. The molecule has 0 atom stereocenters. The molecule has 4 N–H and O–H groups in total. The van der Waals surface area contributed by atoms with E-state index in [-0.39, 0.29) is 19.1 Å². The smallest absolute Gasteiger partial charge is 0.263 e. The third-order valence-electron chi connectivity index (χ3n) is 2.26. The number of benzene rings is 1. The number of nitrogens with zero attached hydrogens (tertiary/aromatic N) is 1. The molecule has 0 aliphatic heterocycles. The second kappa shape index (κ2) is 5.61. The zero-order chi connectivity index (χ0) is 13.0. The largest absolute Gasteiger partial charge is 0.399 e. The molecule has 0 radical (unpaired) electrons. The number of nitrogens with one attached hydrogen (secondary N) is 1. The predicted molar refractivity (Wildman–Crippen MR) is 71.4 cm³/mol. The Labute approximate surface area is 108 Å². The molecule has 2 aromatic rings. The summed E-state index contributed by atoms with van der Waals surface area (Å²) in [4.78, 5) is 16.3. The van der Waals surface area contributed by atoms with Crippen LogP contribution in [-0.2, 0) is 0 Å². The van der Waals surface area contributed by atoms with Gasteiger partial charge in [0.15, 0.2) is 0 Å². The molecule has 0 saturated carbocycles. The van der Waals surface area contributed by atoms with E-state index in [0.29, 0.717) is 10.6 Å². The van der Waals surface area contributed by atoms with E-state index in [0.717, 1.165) is 10.6 Å². The van der Waals surface area contributed by atoms with Gasteiger partial charge in [-0.2, -0.15) is 0 Å². The lowest BCUT2D eigenvalue weighted by Crippen LogP contribution is -2.25. The van der Waals surface area contributed by atoms with Gasteiger partial charge in [-0.15, -0.1) is 11.3 Å². The Balaban J connectivity index is 2.17. The molecule has 18 heavy (non-hydrogen) atoms. The first-order valence-electron chi connectivity index (χ1n) is 5.41. The third kappa shape index (κ3) is 2.85. The molecule has 5 nitrogen and oxygen atoms in total. The number of nitrogen functional groups attached to an aromatic ring is 1. The van der Waals surface area contributed by atoms with Crippen molar-refractivity contribution in [1.29, 1.82) is 0 Å². The van der Waals surface area contributed by atoms with Gasteiger partial charge < -0.3 is 16.2 Å². The molecule has 0 bridgehead atoms. The van der Waals surface area contributed by atoms with Gasteiger partial charge in [0, 0.05) is 17.8 Å². The van der Waals surface area contributed by atoms with Gasteiger partial charge in [0.25, 0.3) is 5.91 Å². The lowest BCUT2D eigenvalue weighted by atomic mass is 10.2. The van der Waals surface area contributed by atoms with Crippen LogP contribution in [0.25, 0.3) is 10.6 Å². The fourth-order valence-electron chi connectivity index (χ4n) is 1.44. The van der Waals surface area contributed by atoms with Gasteiger partial charge in [-0.25, -0.2) is 4.98 Å². The Hall–Kier alpha value is -1.92. The molecule has 1 heterocycles. The first-order chi connectivity index (χ1) is 8.70. The Morgan fingerprint density at radius 3 is 3.06 bits per heavy atom. The van der Waals surface area contributed by atoms with E-state index in [9.17, 15) is 4.79 Å². The third-order valence-corrected chi connectivity index (χ3v) is 3.31. The van der Waals surface area contributed by atoms with Crippen LogP contribution in [0.5, 0.6) is 0 Å². The molecule has 0 aliphatic carbocycles. The number of hydrogen-bond donors (Lipinski definition) is 3. The molecule has 1 aromatic carbocycles. The van der Waals surface area contributed by atoms with E-state index in [2.05, 4.69) is 10.3 Å². The molecule has 1 aromatic heterocycles. The summed E-state index contributed by atoms with van der Waals surface area (Å²) in [7, 11) is 0. The van der Waals surface area contributed by atoms with Crippen molar-refractivity contribution in [2.75, 3.05) is 18.9 Å². The van der Waals surface area contributed by atoms with Crippen LogP contribution in [0.4, 0.5) is 5.69 Å². The monoisotopic (exact) mass is 263 g/mol. The van der Waals surface area contributed by atoms with Crippen LogP contribution >= 0.6 is 11.3 Å². The first kappa shape index (κ1) is 12.5. The average molecular weight is 263 g/mol. The summed E-state index contributed by atoms with van der Waals surface area (Å²) in [6.45, 7) is 0.164. The molecule has 1 amide bonds. The minimum Gasteiger partial charge on any atom is -0.399 e. The molecule has 94 valence electrons. The maximum Gasteiger partial charge on any atom is 0.263 e. The zero-order valence-electron chi connectivity index (χ0n) is 9.59. The molecular formula is C12H13N3O2S. The Kier molecular flexibility index (Phi) is 3.91. The van der Waals surface area contributed by atoms with E-state index in [1.165, 1.54) is 17.5 Å². The summed E-state index contributed by atoms with van der Waals surface area (Å²) in [5.74, 6) is -0.225. The highest BCUT2D eigenvalue weighted by atomic mass is 32.1. The first-order valence-corrected chi connectivity index (χ1v) is 6.23. The summed E-state index contributed by atoms with van der Waals surface area (Å²) in [6, 6.07) is 7.35. The Morgan fingerprint density at radius 1 is 1.50 bits per heavy atom. The highest BCUT2D eigenvalue weighted by Gasteiger charge is 2.11. The van der Waals surface area contributed by atoms with Crippen molar-refractivity contribution in [2.24, 2.45) is 0 Å². The van der Waals surface area contributed by atoms with E-state index < -0.39 is 0 Å². The number of hydrogen-bond acceptors (Lipinski definition) is 5. The van der Waals surface area contributed by atoms with E-state index in [1.807, 2.05) is 18.2 Å². The molecular weight excluding hydrogens is 250 g/mol. The lowest BCUT2D eigenvalue weighted by molar-refractivity contribution is 0.0948. The van der Waals surface area contributed by atoms with Gasteiger partial charge in [0.2, 0.25) is 0 Å². The van der Waals surface area contributed by atoms with E-state index in [1.54, 1.807) is 6.07 Å². The molecule has 0 aliphatic rings. The number of aliphatic hydroxyl groups is 1. The maximum atomic E-state index is 11.6. The summed E-state index contributed by atoms with van der Waals surface area (Å²) >= 11 is 1.29. The summed E-state index contributed by atoms with van der Waals surface area (Å²) < 4.78 is 0. The van der Waals surface area contributed by atoms with Gasteiger partial charge in [-0.1, -0.05) is 12.1 Å². The summed E-state index contributed by atoms with van der Waals surface area (Å²) in [5, 5.41) is 12.0. The number of amides is 1. The van der Waals surface area contributed by atoms with Crippen LogP contribution in [0.15, 0.2) is 30.5 Å². The fraction of sp³-hybridized carbons (Fsp3) is 0.167. The Morgan fingerprint density at radius 2 is 2.33 bits per heavy atom. The van der Waals surface area contributed by atoms with E-state index >= 15 is 0 Å². The van der Waals surface area contributed by atoms with Gasteiger partial charge >= 0.3 is 0 Å².